The number of para-hydroxylation sites is 1. The summed E-state index contributed by atoms with van der Waals surface area (Å²) in [6.07, 6.45) is 0.998. The number of ether oxygens (including phenoxy) is 1. The van der Waals surface area contributed by atoms with E-state index in [4.69, 9.17) is 4.74 Å². The van der Waals surface area contributed by atoms with Crippen molar-refractivity contribution >= 4 is 12.0 Å². The predicted molar refractivity (Wildman–Crippen MR) is 95.7 cm³/mol. The average Bonchev–Trinajstić information content (AvgIpc) is 2.63. The minimum Gasteiger partial charge on any atom is -0.410 e. The second-order valence-electron chi connectivity index (χ2n) is 6.28. The predicted octanol–water partition coefficient (Wildman–Crippen LogP) is 3.39. The molecule has 2 amide bonds. The lowest BCUT2D eigenvalue weighted by Crippen LogP contribution is -2.47. The van der Waals surface area contributed by atoms with Gasteiger partial charge in [0.2, 0.25) is 0 Å². The lowest BCUT2D eigenvalue weighted by Gasteiger charge is -2.32. The first-order valence-electron chi connectivity index (χ1n) is 8.51. The number of carbonyl (C=O) groups excluding carboxylic acids is 2. The summed E-state index contributed by atoms with van der Waals surface area (Å²) in [6.45, 7) is 3.26. The second-order valence-corrected chi connectivity index (χ2v) is 6.28. The average molecular weight is 338 g/mol. The molecule has 1 aliphatic rings. The molecule has 0 spiro atoms. The highest BCUT2D eigenvalue weighted by Gasteiger charge is 2.25. The number of amides is 2. The Balaban J connectivity index is 1.47. The van der Waals surface area contributed by atoms with E-state index >= 15 is 0 Å². The van der Waals surface area contributed by atoms with Crippen molar-refractivity contribution in [2.45, 2.75) is 25.8 Å². The Kier molecular flexibility index (Phi) is 5.33. The standard InChI is InChI=1S/C20H22N2O3/c1-15-7-9-16(10-8-15)19(23)22-13-11-17(12-14-22)21-20(24)25-18-5-3-2-4-6-18/h2-10,17H,11-14H2,1H3,(H,21,24). The Bertz CT molecular complexity index is 720. The molecule has 130 valence electrons. The fourth-order valence-electron chi connectivity index (χ4n) is 2.90. The zero-order chi connectivity index (χ0) is 17.6. The van der Waals surface area contributed by atoms with Crippen LogP contribution in [0.3, 0.4) is 0 Å². The Morgan fingerprint density at radius 1 is 1.00 bits per heavy atom. The topological polar surface area (TPSA) is 58.6 Å². The van der Waals surface area contributed by atoms with Crippen LogP contribution in [-0.4, -0.2) is 36.0 Å². The molecule has 5 heteroatoms. The highest BCUT2D eigenvalue weighted by Crippen LogP contribution is 2.15. The molecule has 0 aliphatic carbocycles. The Morgan fingerprint density at radius 3 is 2.28 bits per heavy atom. The molecule has 0 radical (unpaired) electrons. The normalized spacial score (nSPS) is 14.8. The summed E-state index contributed by atoms with van der Waals surface area (Å²) < 4.78 is 5.24. The van der Waals surface area contributed by atoms with Crippen molar-refractivity contribution in [1.82, 2.24) is 10.2 Å². The van der Waals surface area contributed by atoms with Gasteiger partial charge in [0.1, 0.15) is 5.75 Å². The molecule has 1 heterocycles. The molecule has 0 atom stereocenters. The molecule has 3 rings (SSSR count). The molecule has 25 heavy (non-hydrogen) atoms. The number of carbonyl (C=O) groups is 2. The number of nitrogens with one attached hydrogen (secondary N) is 1. The van der Waals surface area contributed by atoms with Gasteiger partial charge in [0.15, 0.2) is 0 Å². The molecule has 1 saturated heterocycles. The minimum absolute atomic E-state index is 0.0262. The van der Waals surface area contributed by atoms with E-state index in [1.165, 1.54) is 0 Å². The van der Waals surface area contributed by atoms with E-state index in [0.29, 0.717) is 24.4 Å². The number of piperidine rings is 1. The Labute approximate surface area is 147 Å². The second kappa shape index (κ2) is 7.83. The summed E-state index contributed by atoms with van der Waals surface area (Å²) in [6, 6.07) is 16.6. The molecule has 5 nitrogen and oxygen atoms in total. The van der Waals surface area contributed by atoms with Crippen LogP contribution in [0.2, 0.25) is 0 Å². The third-order valence-electron chi connectivity index (χ3n) is 4.36. The maximum atomic E-state index is 12.5. The molecule has 0 aromatic heterocycles. The number of hydrogen-bond donors (Lipinski definition) is 1. The lowest BCUT2D eigenvalue weighted by atomic mass is 10.0. The quantitative estimate of drug-likeness (QED) is 0.933. The van der Waals surface area contributed by atoms with Crippen molar-refractivity contribution in [2.75, 3.05) is 13.1 Å². The van der Waals surface area contributed by atoms with Gasteiger partial charge in [0, 0.05) is 24.7 Å². The smallest absolute Gasteiger partial charge is 0.410 e. The summed E-state index contributed by atoms with van der Waals surface area (Å²) in [5.41, 5.74) is 1.84. The van der Waals surface area contributed by atoms with Crippen molar-refractivity contribution in [3.05, 3.63) is 65.7 Å². The van der Waals surface area contributed by atoms with Crippen LogP contribution in [0, 0.1) is 6.92 Å². The van der Waals surface area contributed by atoms with Gasteiger partial charge in [-0.1, -0.05) is 35.9 Å². The first-order valence-corrected chi connectivity index (χ1v) is 8.51. The zero-order valence-corrected chi connectivity index (χ0v) is 14.3. The fourth-order valence-corrected chi connectivity index (χ4v) is 2.90. The van der Waals surface area contributed by atoms with Crippen LogP contribution in [0.1, 0.15) is 28.8 Å². The van der Waals surface area contributed by atoms with E-state index < -0.39 is 6.09 Å². The van der Waals surface area contributed by atoms with E-state index in [1.807, 2.05) is 54.3 Å². The van der Waals surface area contributed by atoms with E-state index in [-0.39, 0.29) is 11.9 Å². The first-order chi connectivity index (χ1) is 12.1. The molecule has 0 unspecified atom stereocenters. The van der Waals surface area contributed by atoms with Gasteiger partial charge in [-0.25, -0.2) is 4.79 Å². The van der Waals surface area contributed by atoms with Crippen LogP contribution < -0.4 is 10.1 Å². The van der Waals surface area contributed by atoms with Crippen molar-refractivity contribution < 1.29 is 14.3 Å². The molecule has 2 aromatic carbocycles. The zero-order valence-electron chi connectivity index (χ0n) is 14.3. The van der Waals surface area contributed by atoms with E-state index in [0.717, 1.165) is 18.4 Å². The number of likely N-dealkylation sites (tertiary alicyclic amines) is 1. The van der Waals surface area contributed by atoms with Crippen LogP contribution >= 0.6 is 0 Å². The van der Waals surface area contributed by atoms with E-state index in [2.05, 4.69) is 5.32 Å². The highest BCUT2D eigenvalue weighted by molar-refractivity contribution is 5.94. The minimum atomic E-state index is -0.450. The monoisotopic (exact) mass is 338 g/mol. The van der Waals surface area contributed by atoms with Gasteiger partial charge in [-0.15, -0.1) is 0 Å². The van der Waals surface area contributed by atoms with Gasteiger partial charge in [-0.2, -0.15) is 0 Å². The number of nitrogens with zero attached hydrogens (tertiary/aromatic N) is 1. The maximum Gasteiger partial charge on any atom is 0.412 e. The highest BCUT2D eigenvalue weighted by atomic mass is 16.6. The van der Waals surface area contributed by atoms with Gasteiger partial charge < -0.3 is 15.0 Å². The molecule has 0 bridgehead atoms. The number of aryl methyl sites for hydroxylation is 1. The number of rotatable bonds is 3. The molecule has 0 saturated carbocycles. The van der Waals surface area contributed by atoms with Gasteiger partial charge in [0.05, 0.1) is 0 Å². The third kappa shape index (κ3) is 4.59. The van der Waals surface area contributed by atoms with Crippen LogP contribution in [0.5, 0.6) is 5.75 Å². The molecule has 1 N–H and O–H groups in total. The molecule has 1 aliphatic heterocycles. The van der Waals surface area contributed by atoms with Crippen molar-refractivity contribution in [3.63, 3.8) is 0 Å². The largest absolute Gasteiger partial charge is 0.412 e. The Hall–Kier alpha value is -2.82. The van der Waals surface area contributed by atoms with Gasteiger partial charge in [-0.05, 0) is 44.0 Å². The third-order valence-corrected chi connectivity index (χ3v) is 4.36. The summed E-state index contributed by atoms with van der Waals surface area (Å²) in [7, 11) is 0. The van der Waals surface area contributed by atoms with E-state index in [9.17, 15) is 9.59 Å². The summed E-state index contributed by atoms with van der Waals surface area (Å²) >= 11 is 0. The lowest BCUT2D eigenvalue weighted by molar-refractivity contribution is 0.0706. The molecular weight excluding hydrogens is 316 g/mol. The fraction of sp³-hybridized carbons (Fsp3) is 0.300. The number of hydrogen-bond acceptors (Lipinski definition) is 3. The van der Waals surface area contributed by atoms with E-state index in [1.54, 1.807) is 12.1 Å². The van der Waals surface area contributed by atoms with Gasteiger partial charge >= 0.3 is 6.09 Å². The number of benzene rings is 2. The summed E-state index contributed by atoms with van der Waals surface area (Å²) in [5, 5.41) is 2.87. The SMILES string of the molecule is Cc1ccc(C(=O)N2CCC(NC(=O)Oc3ccccc3)CC2)cc1. The van der Waals surface area contributed by atoms with Crippen molar-refractivity contribution in [1.29, 1.82) is 0 Å². The van der Waals surface area contributed by atoms with Crippen LogP contribution in [-0.2, 0) is 0 Å². The maximum absolute atomic E-state index is 12.5. The van der Waals surface area contributed by atoms with Crippen LogP contribution in [0.4, 0.5) is 4.79 Å². The molecule has 2 aromatic rings. The Morgan fingerprint density at radius 2 is 1.64 bits per heavy atom. The molecular formula is C20H22N2O3. The van der Waals surface area contributed by atoms with Crippen molar-refractivity contribution in [2.24, 2.45) is 0 Å². The first kappa shape index (κ1) is 17.0. The van der Waals surface area contributed by atoms with Crippen LogP contribution in [0.15, 0.2) is 54.6 Å². The summed E-state index contributed by atoms with van der Waals surface area (Å²) in [5.74, 6) is 0.567. The van der Waals surface area contributed by atoms with Gasteiger partial charge in [-0.3, -0.25) is 4.79 Å². The van der Waals surface area contributed by atoms with Crippen molar-refractivity contribution in [3.8, 4) is 5.75 Å². The van der Waals surface area contributed by atoms with Gasteiger partial charge in [0.25, 0.3) is 5.91 Å². The molecule has 1 fully saturated rings. The summed E-state index contributed by atoms with van der Waals surface area (Å²) in [4.78, 5) is 26.3. The van der Waals surface area contributed by atoms with Crippen LogP contribution in [0.25, 0.3) is 0 Å².